The van der Waals surface area contributed by atoms with Crippen molar-refractivity contribution >= 4 is 12.4 Å². The standard InChI is InChI=1S/C28H31NO3.ClH/c1-21(29-15-14-23-17-27(31-3)20-28(18-23)32-4)16-24-12-13-26(30-2)19-25(24)11-10-22-8-6-5-7-9-22;/h5-9,12-13,17-21,29H,14-16H2,1-4H3;1H. The molecule has 1 atom stereocenters. The number of methoxy groups -OCH3 is 3. The van der Waals surface area contributed by atoms with Gasteiger partial charge in [-0.3, -0.25) is 0 Å². The van der Waals surface area contributed by atoms with Gasteiger partial charge < -0.3 is 19.5 Å². The molecule has 0 aliphatic carbocycles. The van der Waals surface area contributed by atoms with Gasteiger partial charge in [0.05, 0.1) is 21.3 Å². The molecule has 1 N–H and O–H groups in total. The van der Waals surface area contributed by atoms with Gasteiger partial charge in [-0.2, -0.15) is 0 Å². The van der Waals surface area contributed by atoms with E-state index in [2.05, 4.69) is 42.3 Å². The molecule has 0 spiro atoms. The van der Waals surface area contributed by atoms with Crippen LogP contribution in [0.3, 0.4) is 0 Å². The third-order valence-electron chi connectivity index (χ3n) is 5.28. The maximum atomic E-state index is 5.41. The second-order valence-corrected chi connectivity index (χ2v) is 7.67. The van der Waals surface area contributed by atoms with E-state index in [-0.39, 0.29) is 12.4 Å². The predicted molar refractivity (Wildman–Crippen MR) is 137 cm³/mol. The summed E-state index contributed by atoms with van der Waals surface area (Å²) in [6, 6.07) is 22.4. The molecular weight excluding hydrogens is 434 g/mol. The molecule has 0 radical (unpaired) electrons. The largest absolute Gasteiger partial charge is 0.497 e. The Bertz CT molecular complexity index is 1050. The van der Waals surface area contributed by atoms with Crippen LogP contribution in [0, 0.1) is 11.8 Å². The zero-order chi connectivity index (χ0) is 22.8. The van der Waals surface area contributed by atoms with E-state index in [0.717, 1.165) is 47.8 Å². The molecule has 3 aromatic carbocycles. The van der Waals surface area contributed by atoms with Crippen molar-refractivity contribution in [3.05, 3.63) is 89.0 Å². The minimum Gasteiger partial charge on any atom is -0.497 e. The SMILES string of the molecule is COc1cc(CCNC(C)Cc2ccc(OC)cc2C#Cc2ccccc2)cc(OC)c1.Cl. The summed E-state index contributed by atoms with van der Waals surface area (Å²) in [6.07, 6.45) is 1.77. The van der Waals surface area contributed by atoms with Crippen LogP contribution in [0.5, 0.6) is 17.2 Å². The van der Waals surface area contributed by atoms with Crippen LogP contribution in [0.15, 0.2) is 66.7 Å². The summed E-state index contributed by atoms with van der Waals surface area (Å²) in [7, 11) is 5.03. The number of hydrogen-bond donors (Lipinski definition) is 1. The van der Waals surface area contributed by atoms with E-state index >= 15 is 0 Å². The Labute approximate surface area is 203 Å². The number of hydrogen-bond acceptors (Lipinski definition) is 4. The van der Waals surface area contributed by atoms with Crippen molar-refractivity contribution in [1.82, 2.24) is 5.32 Å². The second kappa shape index (κ2) is 13.4. The van der Waals surface area contributed by atoms with Gasteiger partial charge in [-0.15, -0.1) is 12.4 Å². The first kappa shape index (κ1) is 26.1. The van der Waals surface area contributed by atoms with E-state index in [0.29, 0.717) is 6.04 Å². The number of rotatable bonds is 9. The van der Waals surface area contributed by atoms with Crippen LogP contribution < -0.4 is 19.5 Å². The normalized spacial score (nSPS) is 10.9. The Morgan fingerprint density at radius 3 is 2.09 bits per heavy atom. The van der Waals surface area contributed by atoms with Gasteiger partial charge in [0.25, 0.3) is 0 Å². The van der Waals surface area contributed by atoms with Crippen LogP contribution in [0.1, 0.15) is 29.2 Å². The number of ether oxygens (including phenoxy) is 3. The van der Waals surface area contributed by atoms with Gasteiger partial charge in [0.15, 0.2) is 0 Å². The van der Waals surface area contributed by atoms with Crippen LogP contribution in [-0.4, -0.2) is 33.9 Å². The number of halogens is 1. The highest BCUT2D eigenvalue weighted by atomic mass is 35.5. The molecule has 5 heteroatoms. The molecule has 3 aromatic rings. The number of nitrogens with one attached hydrogen (secondary N) is 1. The molecule has 1 unspecified atom stereocenters. The van der Waals surface area contributed by atoms with E-state index < -0.39 is 0 Å². The van der Waals surface area contributed by atoms with Crippen molar-refractivity contribution in [2.24, 2.45) is 0 Å². The van der Waals surface area contributed by atoms with Crippen LogP contribution in [-0.2, 0) is 12.8 Å². The smallest absolute Gasteiger partial charge is 0.122 e. The van der Waals surface area contributed by atoms with Crippen molar-refractivity contribution in [3.63, 3.8) is 0 Å². The van der Waals surface area contributed by atoms with E-state index in [1.54, 1.807) is 21.3 Å². The summed E-state index contributed by atoms with van der Waals surface area (Å²) >= 11 is 0. The Morgan fingerprint density at radius 1 is 0.788 bits per heavy atom. The molecule has 33 heavy (non-hydrogen) atoms. The molecule has 0 bridgehead atoms. The van der Waals surface area contributed by atoms with E-state index in [1.165, 1.54) is 11.1 Å². The van der Waals surface area contributed by atoms with Crippen molar-refractivity contribution in [3.8, 4) is 29.1 Å². The second-order valence-electron chi connectivity index (χ2n) is 7.67. The van der Waals surface area contributed by atoms with Crippen molar-refractivity contribution in [2.75, 3.05) is 27.9 Å². The highest BCUT2D eigenvalue weighted by molar-refractivity contribution is 5.85. The van der Waals surface area contributed by atoms with E-state index in [9.17, 15) is 0 Å². The van der Waals surface area contributed by atoms with Crippen molar-refractivity contribution < 1.29 is 14.2 Å². The molecule has 0 aliphatic rings. The highest BCUT2D eigenvalue weighted by Crippen LogP contribution is 2.23. The third kappa shape index (κ3) is 8.05. The van der Waals surface area contributed by atoms with Gasteiger partial charge in [-0.05, 0) is 73.8 Å². The summed E-state index contributed by atoms with van der Waals surface area (Å²) in [5.41, 5.74) is 4.39. The monoisotopic (exact) mass is 465 g/mol. The first-order valence-electron chi connectivity index (χ1n) is 10.8. The molecule has 174 valence electrons. The molecule has 0 saturated carbocycles. The lowest BCUT2D eigenvalue weighted by atomic mass is 10.00. The Balaban J connectivity index is 0.00000385. The van der Waals surface area contributed by atoms with Crippen molar-refractivity contribution in [2.45, 2.75) is 25.8 Å². The summed E-state index contributed by atoms with van der Waals surface area (Å²) in [5.74, 6) is 9.04. The van der Waals surface area contributed by atoms with Crippen LogP contribution in [0.25, 0.3) is 0 Å². The van der Waals surface area contributed by atoms with Crippen LogP contribution >= 0.6 is 12.4 Å². The molecular formula is C28H32ClNO3. The molecule has 0 aromatic heterocycles. The molecule has 0 heterocycles. The van der Waals surface area contributed by atoms with Gasteiger partial charge in [0.2, 0.25) is 0 Å². The van der Waals surface area contributed by atoms with Crippen molar-refractivity contribution in [1.29, 1.82) is 0 Å². The zero-order valence-corrected chi connectivity index (χ0v) is 20.5. The third-order valence-corrected chi connectivity index (χ3v) is 5.28. The van der Waals surface area contributed by atoms with Crippen LogP contribution in [0.4, 0.5) is 0 Å². The Hall–Kier alpha value is -3.13. The first-order valence-corrected chi connectivity index (χ1v) is 10.8. The Morgan fingerprint density at radius 2 is 1.45 bits per heavy atom. The minimum absolute atomic E-state index is 0. The fraction of sp³-hybridized carbons (Fsp3) is 0.286. The maximum absolute atomic E-state index is 5.41. The van der Waals surface area contributed by atoms with Gasteiger partial charge >= 0.3 is 0 Å². The maximum Gasteiger partial charge on any atom is 0.122 e. The molecule has 0 saturated heterocycles. The van der Waals surface area contributed by atoms with Crippen LogP contribution in [0.2, 0.25) is 0 Å². The molecule has 0 fully saturated rings. The molecule has 3 rings (SSSR count). The topological polar surface area (TPSA) is 39.7 Å². The highest BCUT2D eigenvalue weighted by Gasteiger charge is 2.09. The minimum atomic E-state index is 0. The van der Waals surface area contributed by atoms with Gasteiger partial charge in [-0.1, -0.05) is 36.1 Å². The lowest BCUT2D eigenvalue weighted by Crippen LogP contribution is -2.30. The lowest BCUT2D eigenvalue weighted by molar-refractivity contribution is 0.393. The number of benzene rings is 3. The van der Waals surface area contributed by atoms with E-state index in [1.807, 2.05) is 48.5 Å². The van der Waals surface area contributed by atoms with Gasteiger partial charge in [0.1, 0.15) is 17.2 Å². The fourth-order valence-electron chi connectivity index (χ4n) is 3.51. The average Bonchev–Trinajstić information content (AvgIpc) is 2.83. The Kier molecular flexibility index (Phi) is 10.6. The van der Waals surface area contributed by atoms with Gasteiger partial charge in [0, 0.05) is 23.2 Å². The first-order chi connectivity index (χ1) is 15.6. The average molecular weight is 466 g/mol. The van der Waals surface area contributed by atoms with Gasteiger partial charge in [-0.25, -0.2) is 0 Å². The quantitative estimate of drug-likeness (QED) is 0.435. The predicted octanol–water partition coefficient (Wildman–Crippen LogP) is 5.30. The molecule has 4 nitrogen and oxygen atoms in total. The fourth-order valence-corrected chi connectivity index (χ4v) is 3.51. The molecule has 0 aliphatic heterocycles. The zero-order valence-electron chi connectivity index (χ0n) is 19.7. The summed E-state index contributed by atoms with van der Waals surface area (Å²) < 4.78 is 16.1. The van der Waals surface area contributed by atoms with E-state index in [4.69, 9.17) is 14.2 Å². The summed E-state index contributed by atoms with van der Waals surface area (Å²) in [6.45, 7) is 3.06. The molecule has 0 amide bonds. The lowest BCUT2D eigenvalue weighted by Gasteiger charge is -2.16. The summed E-state index contributed by atoms with van der Waals surface area (Å²) in [5, 5.41) is 3.62. The summed E-state index contributed by atoms with van der Waals surface area (Å²) in [4.78, 5) is 0.